The van der Waals surface area contributed by atoms with E-state index in [1.54, 1.807) is 43.5 Å². The number of carboxylic acids is 1. The Balaban J connectivity index is 0.00000342. The molecule has 1 radical (unpaired) electrons. The van der Waals surface area contributed by atoms with Crippen LogP contribution in [0.3, 0.4) is 0 Å². The molecule has 1 aliphatic rings. The summed E-state index contributed by atoms with van der Waals surface area (Å²) in [6, 6.07) is 17.6. The Labute approximate surface area is 230 Å². The van der Waals surface area contributed by atoms with Gasteiger partial charge < -0.3 is 24.6 Å². The monoisotopic (exact) mass is 504 g/mol. The average molecular weight is 505 g/mol. The van der Waals surface area contributed by atoms with E-state index >= 15 is 0 Å². The van der Waals surface area contributed by atoms with Crippen molar-refractivity contribution in [3.8, 4) is 23.0 Å². The number of halogens is 1. The molecule has 0 aliphatic carbocycles. The van der Waals surface area contributed by atoms with Crippen molar-refractivity contribution in [2.75, 3.05) is 20.3 Å². The SMILES string of the molecule is COc1cccc(CCNC(=O)c2ccc(Oc3cc4c(cc3Cl)C(C(=O)O)CCO4)cc2)c1.[Na]. The summed E-state index contributed by atoms with van der Waals surface area (Å²) in [5.74, 6) is 0.317. The number of methoxy groups -OCH3 is 1. The fraction of sp³-hybridized carbons (Fsp3) is 0.231. The maximum Gasteiger partial charge on any atom is 0.311 e. The van der Waals surface area contributed by atoms with Crippen LogP contribution in [0.25, 0.3) is 0 Å². The van der Waals surface area contributed by atoms with Gasteiger partial charge in [-0.25, -0.2) is 0 Å². The van der Waals surface area contributed by atoms with E-state index in [-0.39, 0.29) is 40.5 Å². The first-order chi connectivity index (χ1) is 16.4. The van der Waals surface area contributed by atoms with E-state index in [1.807, 2.05) is 24.3 Å². The van der Waals surface area contributed by atoms with Crippen LogP contribution in [0.15, 0.2) is 60.7 Å². The van der Waals surface area contributed by atoms with E-state index in [4.69, 9.17) is 25.8 Å². The number of carboxylic acid groups (broad SMARTS) is 1. The van der Waals surface area contributed by atoms with Crippen molar-refractivity contribution in [1.29, 1.82) is 0 Å². The number of amides is 1. The van der Waals surface area contributed by atoms with Gasteiger partial charge in [0, 0.05) is 53.3 Å². The maximum atomic E-state index is 12.5. The predicted molar refractivity (Wildman–Crippen MR) is 133 cm³/mol. The Bertz CT molecular complexity index is 1200. The average Bonchev–Trinajstić information content (AvgIpc) is 2.84. The molecule has 1 heterocycles. The van der Waals surface area contributed by atoms with Gasteiger partial charge in [-0.2, -0.15) is 0 Å². The molecular weight excluding hydrogens is 481 g/mol. The third kappa shape index (κ3) is 6.70. The fourth-order valence-corrected chi connectivity index (χ4v) is 3.99. The Hall–Kier alpha value is -2.71. The van der Waals surface area contributed by atoms with Crippen LogP contribution in [0.2, 0.25) is 5.02 Å². The van der Waals surface area contributed by atoms with E-state index in [9.17, 15) is 14.7 Å². The third-order valence-electron chi connectivity index (χ3n) is 5.58. The standard InChI is InChI=1S/C26H24ClNO6.Na/c1-32-19-4-2-3-16(13-19)9-11-28-25(29)17-5-7-18(8-6-17)34-24-15-23-21(14-22(24)27)20(26(30)31)10-12-33-23;/h2-8,13-15,20H,9-12H2,1H3,(H,28,29)(H,30,31);. The number of fused-ring (bicyclic) bond motifs is 1. The quantitative estimate of drug-likeness (QED) is 0.432. The molecule has 3 aromatic rings. The Kier molecular flexibility index (Phi) is 9.46. The largest absolute Gasteiger partial charge is 0.497 e. The van der Waals surface area contributed by atoms with E-state index in [2.05, 4.69) is 5.32 Å². The van der Waals surface area contributed by atoms with Gasteiger partial charge in [0.05, 0.1) is 24.7 Å². The van der Waals surface area contributed by atoms with E-state index in [0.29, 0.717) is 54.4 Å². The molecule has 0 spiro atoms. The van der Waals surface area contributed by atoms with Crippen LogP contribution < -0.4 is 19.5 Å². The number of carbonyl (C=O) groups is 2. The van der Waals surface area contributed by atoms with Crippen LogP contribution in [-0.4, -0.2) is 66.8 Å². The molecule has 0 saturated carbocycles. The Morgan fingerprint density at radius 2 is 1.89 bits per heavy atom. The fourth-order valence-electron chi connectivity index (χ4n) is 3.78. The molecule has 2 N–H and O–H groups in total. The minimum Gasteiger partial charge on any atom is -0.497 e. The molecule has 0 bridgehead atoms. The van der Waals surface area contributed by atoms with Gasteiger partial charge in [0.1, 0.15) is 23.0 Å². The van der Waals surface area contributed by atoms with Gasteiger partial charge in [0.25, 0.3) is 5.91 Å². The zero-order valence-electron chi connectivity index (χ0n) is 19.5. The molecule has 0 saturated heterocycles. The van der Waals surface area contributed by atoms with Gasteiger partial charge in [-0.05, 0) is 60.9 Å². The maximum absolute atomic E-state index is 12.5. The minimum absolute atomic E-state index is 0. The summed E-state index contributed by atoms with van der Waals surface area (Å²) in [4.78, 5) is 24.0. The number of nitrogens with one attached hydrogen (secondary N) is 1. The van der Waals surface area contributed by atoms with Crippen LogP contribution in [0, 0.1) is 0 Å². The number of hydrogen-bond donors (Lipinski definition) is 2. The van der Waals surface area contributed by atoms with E-state index in [1.165, 1.54) is 0 Å². The van der Waals surface area contributed by atoms with Crippen LogP contribution in [0.5, 0.6) is 23.0 Å². The van der Waals surface area contributed by atoms with Gasteiger partial charge in [-0.3, -0.25) is 9.59 Å². The second-order valence-electron chi connectivity index (χ2n) is 7.83. The summed E-state index contributed by atoms with van der Waals surface area (Å²) >= 11 is 6.34. The second-order valence-corrected chi connectivity index (χ2v) is 8.24. The summed E-state index contributed by atoms with van der Waals surface area (Å²) in [5, 5.41) is 12.6. The zero-order valence-corrected chi connectivity index (χ0v) is 22.3. The summed E-state index contributed by atoms with van der Waals surface area (Å²) in [6.45, 7) is 0.805. The van der Waals surface area contributed by atoms with Crippen molar-refractivity contribution in [2.45, 2.75) is 18.8 Å². The van der Waals surface area contributed by atoms with Crippen LogP contribution in [0.4, 0.5) is 0 Å². The molecule has 4 rings (SSSR count). The normalized spacial score (nSPS) is 14.1. The van der Waals surface area contributed by atoms with Crippen LogP contribution >= 0.6 is 11.6 Å². The van der Waals surface area contributed by atoms with E-state index in [0.717, 1.165) is 11.3 Å². The molecule has 3 aromatic carbocycles. The smallest absolute Gasteiger partial charge is 0.311 e. The van der Waals surface area contributed by atoms with Crippen molar-refractivity contribution in [3.63, 3.8) is 0 Å². The molecule has 1 amide bonds. The van der Waals surface area contributed by atoms with Gasteiger partial charge >= 0.3 is 5.97 Å². The molecule has 0 fully saturated rings. The van der Waals surface area contributed by atoms with Gasteiger partial charge in [-0.15, -0.1) is 0 Å². The number of benzene rings is 3. The van der Waals surface area contributed by atoms with Crippen LogP contribution in [-0.2, 0) is 11.2 Å². The molecule has 1 atom stereocenters. The Morgan fingerprint density at radius 1 is 1.11 bits per heavy atom. The molecular formula is C26H24ClNNaO6. The molecule has 177 valence electrons. The molecule has 1 aliphatic heterocycles. The molecule has 7 nitrogen and oxygen atoms in total. The zero-order chi connectivity index (χ0) is 24.1. The minimum atomic E-state index is -0.911. The number of carbonyl (C=O) groups excluding carboxylic acids is 1. The van der Waals surface area contributed by atoms with Gasteiger partial charge in [0.15, 0.2) is 0 Å². The number of hydrogen-bond acceptors (Lipinski definition) is 5. The van der Waals surface area contributed by atoms with Crippen molar-refractivity contribution < 1.29 is 28.9 Å². The molecule has 0 aromatic heterocycles. The third-order valence-corrected chi connectivity index (χ3v) is 5.87. The summed E-state index contributed by atoms with van der Waals surface area (Å²) in [6.07, 6.45) is 1.08. The summed E-state index contributed by atoms with van der Waals surface area (Å²) in [7, 11) is 1.62. The van der Waals surface area contributed by atoms with Crippen molar-refractivity contribution in [1.82, 2.24) is 5.32 Å². The first kappa shape index (κ1) is 26.9. The molecule has 35 heavy (non-hydrogen) atoms. The van der Waals surface area contributed by atoms with Crippen LogP contribution in [0.1, 0.15) is 33.8 Å². The van der Waals surface area contributed by atoms with Gasteiger partial charge in [0.2, 0.25) is 0 Å². The summed E-state index contributed by atoms with van der Waals surface area (Å²) < 4.78 is 16.7. The van der Waals surface area contributed by atoms with Crippen molar-refractivity contribution >= 4 is 53.0 Å². The van der Waals surface area contributed by atoms with Crippen molar-refractivity contribution in [2.24, 2.45) is 0 Å². The first-order valence-electron chi connectivity index (χ1n) is 10.8. The number of aliphatic carboxylic acids is 1. The number of rotatable bonds is 8. The van der Waals surface area contributed by atoms with E-state index < -0.39 is 11.9 Å². The van der Waals surface area contributed by atoms with Crippen molar-refractivity contribution in [3.05, 3.63) is 82.4 Å². The Morgan fingerprint density at radius 3 is 2.60 bits per heavy atom. The molecule has 1 unspecified atom stereocenters. The van der Waals surface area contributed by atoms with Gasteiger partial charge in [-0.1, -0.05) is 23.7 Å². The molecule has 9 heteroatoms. The number of ether oxygens (including phenoxy) is 3. The predicted octanol–water partition coefficient (Wildman–Crippen LogP) is 4.68. The first-order valence-corrected chi connectivity index (χ1v) is 11.2. The second kappa shape index (κ2) is 12.3. The summed E-state index contributed by atoms with van der Waals surface area (Å²) in [5.41, 5.74) is 2.11. The topological polar surface area (TPSA) is 94.1 Å².